The SMILES string of the molecule is CC(=CCNCCCN(C)C)c1ccc(-c2ccccc2)cc1. The number of nitrogens with zero attached hydrogens (tertiary/aromatic N) is 1. The second-order valence-corrected chi connectivity index (χ2v) is 6.19. The van der Waals surface area contributed by atoms with E-state index >= 15 is 0 Å². The van der Waals surface area contributed by atoms with Crippen LogP contribution in [0.15, 0.2) is 60.7 Å². The van der Waals surface area contributed by atoms with Crippen molar-refractivity contribution in [2.45, 2.75) is 13.3 Å². The van der Waals surface area contributed by atoms with Crippen LogP contribution in [0.3, 0.4) is 0 Å². The van der Waals surface area contributed by atoms with Gasteiger partial charge in [0.25, 0.3) is 0 Å². The molecule has 0 radical (unpaired) electrons. The first kappa shape index (κ1) is 17.5. The zero-order chi connectivity index (χ0) is 16.5. The van der Waals surface area contributed by atoms with Gasteiger partial charge in [-0.3, -0.25) is 0 Å². The van der Waals surface area contributed by atoms with Gasteiger partial charge >= 0.3 is 0 Å². The molecule has 0 fully saturated rings. The van der Waals surface area contributed by atoms with E-state index < -0.39 is 0 Å². The number of hydrogen-bond acceptors (Lipinski definition) is 2. The second kappa shape index (κ2) is 9.29. The Morgan fingerprint density at radius 3 is 2.26 bits per heavy atom. The Balaban J connectivity index is 1.85. The summed E-state index contributed by atoms with van der Waals surface area (Å²) in [4.78, 5) is 2.22. The highest BCUT2D eigenvalue weighted by molar-refractivity contribution is 5.69. The van der Waals surface area contributed by atoms with E-state index in [-0.39, 0.29) is 0 Å². The summed E-state index contributed by atoms with van der Waals surface area (Å²) in [6.07, 6.45) is 3.46. The highest BCUT2D eigenvalue weighted by Gasteiger charge is 1.99. The van der Waals surface area contributed by atoms with Crippen molar-refractivity contribution in [2.75, 3.05) is 33.7 Å². The molecule has 0 unspecified atom stereocenters. The molecule has 2 heteroatoms. The van der Waals surface area contributed by atoms with E-state index in [4.69, 9.17) is 0 Å². The molecule has 0 saturated heterocycles. The third-order valence-corrected chi connectivity index (χ3v) is 3.96. The van der Waals surface area contributed by atoms with Gasteiger partial charge in [-0.2, -0.15) is 0 Å². The van der Waals surface area contributed by atoms with E-state index in [1.807, 2.05) is 0 Å². The van der Waals surface area contributed by atoms with Crippen LogP contribution in [0, 0.1) is 0 Å². The molecule has 122 valence electrons. The topological polar surface area (TPSA) is 15.3 Å². The van der Waals surface area contributed by atoms with Gasteiger partial charge in [0.2, 0.25) is 0 Å². The first-order valence-electron chi connectivity index (χ1n) is 8.35. The lowest BCUT2D eigenvalue weighted by molar-refractivity contribution is 0.396. The smallest absolute Gasteiger partial charge is 0.0140 e. The van der Waals surface area contributed by atoms with Crippen LogP contribution < -0.4 is 5.32 Å². The minimum atomic E-state index is 0.930. The molecule has 23 heavy (non-hydrogen) atoms. The zero-order valence-electron chi connectivity index (χ0n) is 14.5. The molecule has 0 aromatic heterocycles. The van der Waals surface area contributed by atoms with Crippen LogP contribution in [0.2, 0.25) is 0 Å². The maximum absolute atomic E-state index is 3.48. The lowest BCUT2D eigenvalue weighted by atomic mass is 10.0. The molecular weight excluding hydrogens is 280 g/mol. The van der Waals surface area contributed by atoms with Gasteiger partial charge in [-0.05, 0) is 62.8 Å². The standard InChI is InChI=1S/C21H28N2/c1-18(14-16-22-15-7-17-23(2)3)19-10-12-21(13-11-19)20-8-5-4-6-9-20/h4-6,8-14,22H,7,15-17H2,1-3H3. The molecule has 1 N–H and O–H groups in total. The van der Waals surface area contributed by atoms with Crippen molar-refractivity contribution in [3.63, 3.8) is 0 Å². The van der Waals surface area contributed by atoms with E-state index in [0.717, 1.165) is 19.6 Å². The Bertz CT molecular complexity index is 597. The fourth-order valence-electron chi connectivity index (χ4n) is 2.52. The molecule has 2 aromatic carbocycles. The minimum absolute atomic E-state index is 0.930. The number of rotatable bonds is 8. The molecule has 2 nitrogen and oxygen atoms in total. The normalized spacial score (nSPS) is 11.9. The summed E-state index contributed by atoms with van der Waals surface area (Å²) in [5.41, 5.74) is 5.15. The lowest BCUT2D eigenvalue weighted by Gasteiger charge is -2.09. The molecule has 0 bridgehead atoms. The number of allylic oxidation sites excluding steroid dienone is 1. The van der Waals surface area contributed by atoms with Crippen molar-refractivity contribution in [1.29, 1.82) is 0 Å². The number of nitrogens with one attached hydrogen (secondary N) is 1. The Kier molecular flexibility index (Phi) is 7.05. The average Bonchev–Trinajstić information content (AvgIpc) is 2.58. The molecule has 0 aliphatic rings. The van der Waals surface area contributed by atoms with Crippen LogP contribution in [0.5, 0.6) is 0 Å². The zero-order valence-corrected chi connectivity index (χ0v) is 14.5. The molecule has 0 heterocycles. The van der Waals surface area contributed by atoms with E-state index in [0.29, 0.717) is 0 Å². The van der Waals surface area contributed by atoms with Crippen LogP contribution in [0.4, 0.5) is 0 Å². The van der Waals surface area contributed by atoms with Crippen LogP contribution in [0.1, 0.15) is 18.9 Å². The summed E-state index contributed by atoms with van der Waals surface area (Å²) < 4.78 is 0. The molecular formula is C21H28N2. The van der Waals surface area contributed by atoms with E-state index in [9.17, 15) is 0 Å². The first-order valence-corrected chi connectivity index (χ1v) is 8.35. The predicted molar refractivity (Wildman–Crippen MR) is 102 cm³/mol. The summed E-state index contributed by atoms with van der Waals surface area (Å²) in [5, 5.41) is 3.48. The maximum atomic E-state index is 3.48. The fraction of sp³-hybridized carbons (Fsp3) is 0.333. The Labute approximate surface area is 140 Å². The highest BCUT2D eigenvalue weighted by Crippen LogP contribution is 2.21. The molecule has 2 rings (SSSR count). The van der Waals surface area contributed by atoms with Gasteiger partial charge in [-0.15, -0.1) is 0 Å². The van der Waals surface area contributed by atoms with Crippen molar-refractivity contribution in [1.82, 2.24) is 10.2 Å². The summed E-state index contributed by atoms with van der Waals surface area (Å²) in [6.45, 7) is 5.31. The van der Waals surface area contributed by atoms with Crippen molar-refractivity contribution in [3.05, 3.63) is 66.2 Å². The highest BCUT2D eigenvalue weighted by atomic mass is 15.0. The van der Waals surface area contributed by atoms with Gasteiger partial charge in [-0.25, -0.2) is 0 Å². The Morgan fingerprint density at radius 1 is 0.957 bits per heavy atom. The minimum Gasteiger partial charge on any atom is -0.313 e. The molecule has 0 aliphatic carbocycles. The summed E-state index contributed by atoms with van der Waals surface area (Å²) in [5.74, 6) is 0. The Hall–Kier alpha value is -1.90. The van der Waals surface area contributed by atoms with Gasteiger partial charge in [0.05, 0.1) is 0 Å². The van der Waals surface area contributed by atoms with Crippen molar-refractivity contribution in [3.8, 4) is 11.1 Å². The van der Waals surface area contributed by atoms with Crippen molar-refractivity contribution >= 4 is 5.57 Å². The largest absolute Gasteiger partial charge is 0.313 e. The molecule has 2 aromatic rings. The van der Waals surface area contributed by atoms with Gasteiger partial charge in [0, 0.05) is 6.54 Å². The molecule has 0 saturated carbocycles. The van der Waals surface area contributed by atoms with Crippen LogP contribution in [-0.2, 0) is 0 Å². The summed E-state index contributed by atoms with van der Waals surface area (Å²) in [6, 6.07) is 19.3. The van der Waals surface area contributed by atoms with Crippen LogP contribution in [-0.4, -0.2) is 38.6 Å². The monoisotopic (exact) mass is 308 g/mol. The number of hydrogen-bond donors (Lipinski definition) is 1. The summed E-state index contributed by atoms with van der Waals surface area (Å²) in [7, 11) is 4.23. The molecule has 0 amide bonds. The lowest BCUT2D eigenvalue weighted by Crippen LogP contribution is -2.21. The quantitative estimate of drug-likeness (QED) is 0.732. The van der Waals surface area contributed by atoms with Crippen LogP contribution >= 0.6 is 0 Å². The van der Waals surface area contributed by atoms with Crippen molar-refractivity contribution < 1.29 is 0 Å². The molecule has 0 atom stereocenters. The fourth-order valence-corrected chi connectivity index (χ4v) is 2.52. The van der Waals surface area contributed by atoms with E-state index in [1.165, 1.54) is 28.7 Å². The van der Waals surface area contributed by atoms with Gasteiger partial charge in [0.15, 0.2) is 0 Å². The predicted octanol–water partition coefficient (Wildman–Crippen LogP) is 4.30. The third kappa shape index (κ3) is 6.01. The molecule has 0 aliphatic heterocycles. The summed E-state index contributed by atoms with van der Waals surface area (Å²) >= 11 is 0. The maximum Gasteiger partial charge on any atom is 0.0140 e. The first-order chi connectivity index (χ1) is 11.2. The van der Waals surface area contributed by atoms with Gasteiger partial charge < -0.3 is 10.2 Å². The third-order valence-electron chi connectivity index (χ3n) is 3.96. The second-order valence-electron chi connectivity index (χ2n) is 6.19. The van der Waals surface area contributed by atoms with Gasteiger partial charge in [0.1, 0.15) is 0 Å². The Morgan fingerprint density at radius 2 is 1.61 bits per heavy atom. The van der Waals surface area contributed by atoms with E-state index in [2.05, 4.69) is 91.9 Å². The molecule has 0 spiro atoms. The van der Waals surface area contributed by atoms with Crippen molar-refractivity contribution in [2.24, 2.45) is 0 Å². The van der Waals surface area contributed by atoms with Gasteiger partial charge in [-0.1, -0.05) is 60.7 Å². The van der Waals surface area contributed by atoms with E-state index in [1.54, 1.807) is 0 Å². The van der Waals surface area contributed by atoms with Crippen LogP contribution in [0.25, 0.3) is 16.7 Å². The number of benzene rings is 2. The average molecular weight is 308 g/mol.